The Morgan fingerprint density at radius 2 is 2.12 bits per heavy atom. The zero-order chi connectivity index (χ0) is 16.9. The number of hydrogen-bond donors (Lipinski definition) is 1. The largest absolute Gasteiger partial charge is 0.323 e. The Labute approximate surface area is 145 Å². The quantitative estimate of drug-likeness (QED) is 0.849. The molecule has 1 saturated heterocycles. The molecule has 0 saturated carbocycles. The molecule has 3 rings (SSSR count). The van der Waals surface area contributed by atoms with Crippen molar-refractivity contribution in [1.82, 2.24) is 30.0 Å². The van der Waals surface area contributed by atoms with Crippen LogP contribution in [0.4, 0.5) is 10.5 Å². The maximum absolute atomic E-state index is 12.5. The number of nitrogens with zero attached hydrogens (tertiary/aromatic N) is 6. The molecule has 0 atom stereocenters. The van der Waals surface area contributed by atoms with Crippen molar-refractivity contribution in [2.45, 2.75) is 11.6 Å². The minimum Gasteiger partial charge on any atom is -0.323 e. The predicted octanol–water partition coefficient (Wildman–Crippen LogP) is 1.55. The number of likely N-dealkylation sites (N-methyl/N-ethyl adjacent to an activating group) is 1. The lowest BCUT2D eigenvalue weighted by Crippen LogP contribution is -2.37. The third-order valence-corrected chi connectivity index (χ3v) is 4.59. The topological polar surface area (TPSA) is 79.2 Å². The predicted molar refractivity (Wildman–Crippen MR) is 93.6 cm³/mol. The highest BCUT2D eigenvalue weighted by Gasteiger charge is 2.17. The Hall–Kier alpha value is -2.13. The average molecular weight is 347 g/mol. The second-order valence-corrected chi connectivity index (χ2v) is 6.48. The van der Waals surface area contributed by atoms with Gasteiger partial charge >= 0.3 is 6.03 Å². The van der Waals surface area contributed by atoms with Crippen LogP contribution < -0.4 is 5.32 Å². The number of carbonyl (C=O) groups excluding carboxylic acids is 1. The Balaban J connectivity index is 1.71. The number of anilines is 1. The van der Waals surface area contributed by atoms with Crippen molar-refractivity contribution >= 4 is 23.5 Å². The summed E-state index contributed by atoms with van der Waals surface area (Å²) in [6.07, 6.45) is 2.91. The lowest BCUT2D eigenvalue weighted by atomic mass is 10.3. The van der Waals surface area contributed by atoms with Crippen LogP contribution in [0.1, 0.15) is 6.42 Å². The minimum atomic E-state index is -0.0655. The molecule has 0 unspecified atom stereocenters. The van der Waals surface area contributed by atoms with Crippen molar-refractivity contribution in [2.24, 2.45) is 0 Å². The summed E-state index contributed by atoms with van der Waals surface area (Å²) < 4.78 is 1.65. The van der Waals surface area contributed by atoms with Gasteiger partial charge in [-0.15, -0.1) is 5.10 Å². The van der Waals surface area contributed by atoms with E-state index in [1.807, 2.05) is 35.4 Å². The van der Waals surface area contributed by atoms with Crippen LogP contribution in [0.25, 0.3) is 5.69 Å². The van der Waals surface area contributed by atoms with Crippen molar-refractivity contribution in [3.8, 4) is 5.69 Å². The van der Waals surface area contributed by atoms with Gasteiger partial charge in [0.25, 0.3) is 0 Å². The van der Waals surface area contributed by atoms with E-state index in [9.17, 15) is 4.79 Å². The van der Waals surface area contributed by atoms with Gasteiger partial charge in [-0.25, -0.2) is 4.79 Å². The molecular formula is C15H21N7OS. The van der Waals surface area contributed by atoms with Gasteiger partial charge in [0.05, 0.1) is 5.69 Å². The zero-order valence-corrected chi connectivity index (χ0v) is 14.7. The summed E-state index contributed by atoms with van der Waals surface area (Å²) in [5.41, 5.74) is 1.55. The third-order valence-electron chi connectivity index (χ3n) is 3.97. The highest BCUT2D eigenvalue weighted by Crippen LogP contribution is 2.19. The molecule has 1 fully saturated rings. The number of carbonyl (C=O) groups is 1. The van der Waals surface area contributed by atoms with E-state index in [1.54, 1.807) is 4.68 Å². The van der Waals surface area contributed by atoms with Crippen LogP contribution in [-0.4, -0.2) is 75.5 Å². The second-order valence-electron chi connectivity index (χ2n) is 5.70. The number of aromatic nitrogens is 4. The second kappa shape index (κ2) is 7.63. The van der Waals surface area contributed by atoms with Crippen molar-refractivity contribution in [1.29, 1.82) is 0 Å². The van der Waals surface area contributed by atoms with Crippen LogP contribution in [0, 0.1) is 0 Å². The summed E-state index contributed by atoms with van der Waals surface area (Å²) in [5, 5.41) is 15.3. The normalized spacial score (nSPS) is 16.0. The van der Waals surface area contributed by atoms with E-state index in [-0.39, 0.29) is 6.03 Å². The molecule has 0 radical (unpaired) electrons. The first-order valence-corrected chi connectivity index (χ1v) is 9.07. The van der Waals surface area contributed by atoms with E-state index < -0.39 is 0 Å². The van der Waals surface area contributed by atoms with Crippen LogP contribution in [0.2, 0.25) is 0 Å². The zero-order valence-electron chi connectivity index (χ0n) is 13.8. The third kappa shape index (κ3) is 3.85. The molecule has 1 aromatic carbocycles. The van der Waals surface area contributed by atoms with E-state index in [0.29, 0.717) is 5.16 Å². The standard InChI is InChI=1S/C15H21N7OS/c1-20-7-4-8-21(10-9-20)14(23)16-12-5-3-6-13(11-12)22-15(24-2)17-18-19-22/h3,5-6,11H,4,7-10H2,1-2H3,(H,16,23). The Morgan fingerprint density at radius 3 is 2.96 bits per heavy atom. The van der Waals surface area contributed by atoms with Gasteiger partial charge in [-0.05, 0) is 54.9 Å². The van der Waals surface area contributed by atoms with Crippen LogP contribution in [-0.2, 0) is 0 Å². The first-order chi connectivity index (χ1) is 11.7. The molecule has 1 aliphatic heterocycles. The van der Waals surface area contributed by atoms with Crippen LogP contribution in [0.3, 0.4) is 0 Å². The van der Waals surface area contributed by atoms with E-state index in [1.165, 1.54) is 11.8 Å². The molecular weight excluding hydrogens is 326 g/mol. The molecule has 2 aromatic rings. The van der Waals surface area contributed by atoms with Gasteiger partial charge in [-0.2, -0.15) is 4.68 Å². The Kier molecular flexibility index (Phi) is 5.31. The Bertz CT molecular complexity index is 705. The highest BCUT2D eigenvalue weighted by atomic mass is 32.2. The average Bonchev–Trinajstić information content (AvgIpc) is 2.96. The number of amides is 2. The number of benzene rings is 1. The number of rotatable bonds is 3. The highest BCUT2D eigenvalue weighted by molar-refractivity contribution is 7.98. The summed E-state index contributed by atoms with van der Waals surface area (Å²) in [5.74, 6) is 0. The number of hydrogen-bond acceptors (Lipinski definition) is 6. The van der Waals surface area contributed by atoms with Gasteiger partial charge in [-0.1, -0.05) is 17.8 Å². The molecule has 9 heteroatoms. The molecule has 0 aliphatic carbocycles. The number of urea groups is 1. The molecule has 0 spiro atoms. The molecule has 1 aromatic heterocycles. The summed E-state index contributed by atoms with van der Waals surface area (Å²) in [6.45, 7) is 3.44. The Morgan fingerprint density at radius 1 is 1.25 bits per heavy atom. The summed E-state index contributed by atoms with van der Waals surface area (Å²) in [4.78, 5) is 16.6. The number of nitrogens with one attached hydrogen (secondary N) is 1. The van der Waals surface area contributed by atoms with E-state index in [0.717, 1.165) is 44.0 Å². The van der Waals surface area contributed by atoms with Crippen LogP contribution in [0.5, 0.6) is 0 Å². The number of tetrazole rings is 1. The molecule has 128 valence electrons. The van der Waals surface area contributed by atoms with E-state index in [4.69, 9.17) is 0 Å². The first kappa shape index (κ1) is 16.7. The molecule has 2 amide bonds. The first-order valence-electron chi connectivity index (χ1n) is 7.84. The summed E-state index contributed by atoms with van der Waals surface area (Å²) in [7, 11) is 2.08. The molecule has 1 N–H and O–H groups in total. The SMILES string of the molecule is CSc1nnnn1-c1cccc(NC(=O)N2CCCN(C)CC2)c1. The van der Waals surface area contributed by atoms with Gasteiger partial charge in [0, 0.05) is 25.3 Å². The van der Waals surface area contributed by atoms with Gasteiger partial charge in [0.1, 0.15) is 0 Å². The molecule has 24 heavy (non-hydrogen) atoms. The monoisotopic (exact) mass is 347 g/mol. The van der Waals surface area contributed by atoms with Gasteiger partial charge in [0.2, 0.25) is 5.16 Å². The van der Waals surface area contributed by atoms with E-state index >= 15 is 0 Å². The van der Waals surface area contributed by atoms with Gasteiger partial charge in [0.15, 0.2) is 0 Å². The van der Waals surface area contributed by atoms with Gasteiger partial charge < -0.3 is 15.1 Å². The lowest BCUT2D eigenvalue weighted by molar-refractivity contribution is 0.213. The van der Waals surface area contributed by atoms with Crippen molar-refractivity contribution in [2.75, 3.05) is 44.8 Å². The summed E-state index contributed by atoms with van der Waals surface area (Å²) in [6, 6.07) is 7.47. The lowest BCUT2D eigenvalue weighted by Gasteiger charge is -2.21. The fourth-order valence-electron chi connectivity index (χ4n) is 2.64. The van der Waals surface area contributed by atoms with Crippen LogP contribution in [0.15, 0.2) is 29.4 Å². The molecule has 1 aliphatic rings. The van der Waals surface area contributed by atoms with Crippen molar-refractivity contribution in [3.05, 3.63) is 24.3 Å². The van der Waals surface area contributed by atoms with Crippen LogP contribution >= 0.6 is 11.8 Å². The van der Waals surface area contributed by atoms with E-state index in [2.05, 4.69) is 32.8 Å². The molecule has 2 heterocycles. The fourth-order valence-corrected chi connectivity index (χ4v) is 3.07. The molecule has 0 bridgehead atoms. The smallest absolute Gasteiger partial charge is 0.321 e. The minimum absolute atomic E-state index is 0.0655. The fraction of sp³-hybridized carbons (Fsp3) is 0.467. The molecule has 8 nitrogen and oxygen atoms in total. The van der Waals surface area contributed by atoms with Gasteiger partial charge in [-0.3, -0.25) is 0 Å². The van der Waals surface area contributed by atoms with Crippen molar-refractivity contribution in [3.63, 3.8) is 0 Å². The maximum atomic E-state index is 12.5. The summed E-state index contributed by atoms with van der Waals surface area (Å²) >= 11 is 1.47. The van der Waals surface area contributed by atoms with Crippen molar-refractivity contribution < 1.29 is 4.79 Å². The maximum Gasteiger partial charge on any atom is 0.321 e. The number of thioether (sulfide) groups is 1.